The Labute approximate surface area is 138 Å². The first kappa shape index (κ1) is 16.0. The molecule has 1 aliphatic heterocycles. The lowest BCUT2D eigenvalue weighted by Crippen LogP contribution is -2.41. The summed E-state index contributed by atoms with van der Waals surface area (Å²) in [4.78, 5) is 0. The summed E-state index contributed by atoms with van der Waals surface area (Å²) < 4.78 is 6.12. The van der Waals surface area contributed by atoms with Gasteiger partial charge < -0.3 is 15.8 Å². The molecular weight excluding hydrogens is 284 g/mol. The van der Waals surface area contributed by atoms with Gasteiger partial charge >= 0.3 is 0 Å². The van der Waals surface area contributed by atoms with E-state index in [0.717, 1.165) is 38.0 Å². The highest BCUT2D eigenvalue weighted by atomic mass is 16.5. The van der Waals surface area contributed by atoms with Crippen molar-refractivity contribution in [2.24, 2.45) is 5.73 Å². The van der Waals surface area contributed by atoms with E-state index in [0.29, 0.717) is 12.6 Å². The zero-order valence-corrected chi connectivity index (χ0v) is 13.6. The van der Waals surface area contributed by atoms with E-state index in [1.54, 1.807) is 0 Å². The molecule has 0 amide bonds. The molecular formula is C20H26N2O. The number of nitrogens with two attached hydrogens (primary N) is 1. The minimum Gasteiger partial charge on any atom is -0.489 e. The van der Waals surface area contributed by atoms with Crippen LogP contribution in [-0.2, 0) is 12.8 Å². The van der Waals surface area contributed by atoms with Gasteiger partial charge in [-0.15, -0.1) is 0 Å². The fraction of sp³-hybridized carbons (Fsp3) is 0.400. The summed E-state index contributed by atoms with van der Waals surface area (Å²) in [6, 6.07) is 19.4. The second-order valence-electron chi connectivity index (χ2n) is 6.26. The van der Waals surface area contributed by atoms with Crippen LogP contribution in [0.2, 0.25) is 0 Å². The fourth-order valence-electron chi connectivity index (χ4n) is 3.20. The lowest BCUT2D eigenvalue weighted by Gasteiger charge is -2.28. The number of hydrogen-bond acceptors (Lipinski definition) is 3. The van der Waals surface area contributed by atoms with Crippen molar-refractivity contribution < 1.29 is 4.74 Å². The molecule has 0 aromatic heterocycles. The predicted molar refractivity (Wildman–Crippen MR) is 94.8 cm³/mol. The molecule has 3 rings (SSSR count). The van der Waals surface area contributed by atoms with Crippen LogP contribution in [0, 0.1) is 0 Å². The lowest BCUT2D eigenvalue weighted by atomic mass is 10.0. The maximum atomic E-state index is 6.12. The SMILES string of the molecule is NCCC(Cc1ccccc1)NCC1CCc2ccccc2O1. The van der Waals surface area contributed by atoms with E-state index in [1.807, 2.05) is 6.07 Å². The van der Waals surface area contributed by atoms with Gasteiger partial charge in [0.05, 0.1) is 0 Å². The highest BCUT2D eigenvalue weighted by Crippen LogP contribution is 2.26. The monoisotopic (exact) mass is 310 g/mol. The molecule has 2 aromatic carbocycles. The second kappa shape index (κ2) is 8.14. The standard InChI is InChI=1S/C20H26N2O/c21-13-12-18(14-16-6-2-1-3-7-16)22-15-19-11-10-17-8-4-5-9-20(17)23-19/h1-9,18-19,22H,10-15,21H2. The molecule has 0 bridgehead atoms. The number of nitrogens with one attached hydrogen (secondary N) is 1. The Morgan fingerprint density at radius 1 is 1.09 bits per heavy atom. The number of aryl methyl sites for hydroxylation is 1. The van der Waals surface area contributed by atoms with Crippen molar-refractivity contribution in [2.45, 2.75) is 37.8 Å². The van der Waals surface area contributed by atoms with E-state index in [1.165, 1.54) is 11.1 Å². The van der Waals surface area contributed by atoms with Gasteiger partial charge in [0, 0.05) is 12.6 Å². The van der Waals surface area contributed by atoms with Crippen molar-refractivity contribution in [3.05, 3.63) is 65.7 Å². The Morgan fingerprint density at radius 2 is 1.87 bits per heavy atom. The number of ether oxygens (including phenoxy) is 1. The van der Waals surface area contributed by atoms with Crippen molar-refractivity contribution in [1.29, 1.82) is 0 Å². The molecule has 1 heterocycles. The van der Waals surface area contributed by atoms with Crippen molar-refractivity contribution in [2.75, 3.05) is 13.1 Å². The van der Waals surface area contributed by atoms with E-state index in [9.17, 15) is 0 Å². The highest BCUT2D eigenvalue weighted by Gasteiger charge is 2.20. The van der Waals surface area contributed by atoms with Gasteiger partial charge in [-0.3, -0.25) is 0 Å². The highest BCUT2D eigenvalue weighted by molar-refractivity contribution is 5.35. The van der Waals surface area contributed by atoms with Gasteiger partial charge in [0.25, 0.3) is 0 Å². The molecule has 0 saturated carbocycles. The minimum atomic E-state index is 0.251. The molecule has 3 heteroatoms. The number of benzene rings is 2. The van der Waals surface area contributed by atoms with Crippen molar-refractivity contribution in [3.63, 3.8) is 0 Å². The molecule has 3 nitrogen and oxygen atoms in total. The quantitative estimate of drug-likeness (QED) is 0.826. The first-order valence-corrected chi connectivity index (χ1v) is 8.57. The molecule has 0 spiro atoms. The molecule has 2 aromatic rings. The second-order valence-corrected chi connectivity index (χ2v) is 6.26. The van der Waals surface area contributed by atoms with Crippen LogP contribution in [0.4, 0.5) is 0 Å². The first-order chi connectivity index (χ1) is 11.3. The summed E-state index contributed by atoms with van der Waals surface area (Å²) in [5, 5.41) is 3.66. The van der Waals surface area contributed by atoms with Gasteiger partial charge in [-0.1, -0.05) is 48.5 Å². The number of hydrogen-bond donors (Lipinski definition) is 2. The summed E-state index contributed by atoms with van der Waals surface area (Å²) in [7, 11) is 0. The molecule has 2 atom stereocenters. The smallest absolute Gasteiger partial charge is 0.122 e. The van der Waals surface area contributed by atoms with Crippen molar-refractivity contribution >= 4 is 0 Å². The molecule has 122 valence electrons. The zero-order chi connectivity index (χ0) is 15.9. The van der Waals surface area contributed by atoms with Gasteiger partial charge in [0.1, 0.15) is 11.9 Å². The Kier molecular flexibility index (Phi) is 5.67. The summed E-state index contributed by atoms with van der Waals surface area (Å²) in [5.74, 6) is 1.05. The van der Waals surface area contributed by atoms with Gasteiger partial charge in [-0.05, 0) is 49.4 Å². The Bertz CT molecular complexity index is 600. The Morgan fingerprint density at radius 3 is 2.70 bits per heavy atom. The number of rotatable bonds is 7. The summed E-state index contributed by atoms with van der Waals surface area (Å²) >= 11 is 0. The fourth-order valence-corrected chi connectivity index (χ4v) is 3.20. The van der Waals surface area contributed by atoms with Crippen LogP contribution in [0.5, 0.6) is 5.75 Å². The Balaban J connectivity index is 1.53. The van der Waals surface area contributed by atoms with E-state index < -0.39 is 0 Å². The summed E-state index contributed by atoms with van der Waals surface area (Å²) in [6.07, 6.45) is 4.42. The third-order valence-electron chi connectivity index (χ3n) is 4.48. The molecule has 1 aliphatic rings. The normalized spacial score (nSPS) is 18.0. The lowest BCUT2D eigenvalue weighted by molar-refractivity contribution is 0.165. The third kappa shape index (κ3) is 4.57. The van der Waals surface area contributed by atoms with Crippen LogP contribution in [-0.4, -0.2) is 25.2 Å². The largest absolute Gasteiger partial charge is 0.489 e. The molecule has 0 aliphatic carbocycles. The molecule has 3 N–H and O–H groups in total. The van der Waals surface area contributed by atoms with E-state index in [2.05, 4.69) is 53.8 Å². The van der Waals surface area contributed by atoms with Crippen LogP contribution in [0.3, 0.4) is 0 Å². The maximum Gasteiger partial charge on any atom is 0.122 e. The average molecular weight is 310 g/mol. The van der Waals surface area contributed by atoms with E-state index in [4.69, 9.17) is 10.5 Å². The van der Waals surface area contributed by atoms with Crippen LogP contribution < -0.4 is 15.8 Å². The maximum absolute atomic E-state index is 6.12. The van der Waals surface area contributed by atoms with Crippen LogP contribution in [0.25, 0.3) is 0 Å². The van der Waals surface area contributed by atoms with E-state index >= 15 is 0 Å². The van der Waals surface area contributed by atoms with Crippen molar-refractivity contribution in [3.8, 4) is 5.75 Å². The average Bonchev–Trinajstić information content (AvgIpc) is 2.60. The van der Waals surface area contributed by atoms with Crippen LogP contribution >= 0.6 is 0 Å². The Hall–Kier alpha value is -1.84. The molecule has 0 fully saturated rings. The molecule has 0 radical (unpaired) electrons. The van der Waals surface area contributed by atoms with Gasteiger partial charge in [0.2, 0.25) is 0 Å². The number of fused-ring (bicyclic) bond motifs is 1. The van der Waals surface area contributed by atoms with Crippen molar-refractivity contribution in [1.82, 2.24) is 5.32 Å². The minimum absolute atomic E-state index is 0.251. The molecule has 0 saturated heterocycles. The topological polar surface area (TPSA) is 47.3 Å². The third-order valence-corrected chi connectivity index (χ3v) is 4.48. The van der Waals surface area contributed by atoms with Gasteiger partial charge in [-0.25, -0.2) is 0 Å². The first-order valence-electron chi connectivity index (χ1n) is 8.57. The summed E-state index contributed by atoms with van der Waals surface area (Å²) in [5.41, 5.74) is 8.46. The van der Waals surface area contributed by atoms with Gasteiger partial charge in [0.15, 0.2) is 0 Å². The molecule has 23 heavy (non-hydrogen) atoms. The summed E-state index contributed by atoms with van der Waals surface area (Å²) in [6.45, 7) is 1.59. The van der Waals surface area contributed by atoms with Crippen LogP contribution in [0.15, 0.2) is 54.6 Å². The predicted octanol–water partition coefficient (Wildman–Crippen LogP) is 2.93. The molecule has 2 unspecified atom stereocenters. The van der Waals surface area contributed by atoms with Crippen LogP contribution in [0.1, 0.15) is 24.0 Å². The van der Waals surface area contributed by atoms with E-state index in [-0.39, 0.29) is 6.10 Å². The van der Waals surface area contributed by atoms with Gasteiger partial charge in [-0.2, -0.15) is 0 Å². The zero-order valence-electron chi connectivity index (χ0n) is 13.6. The number of para-hydroxylation sites is 1.